The lowest BCUT2D eigenvalue weighted by Crippen LogP contribution is -2.21. The Morgan fingerprint density at radius 1 is 1.20 bits per heavy atom. The average Bonchev–Trinajstić information content (AvgIpc) is 2.47. The van der Waals surface area contributed by atoms with Gasteiger partial charge in [0, 0.05) is 17.9 Å². The monoisotopic (exact) mass is 297 g/mol. The second-order valence-corrected chi connectivity index (χ2v) is 5.82. The number of benzene rings is 1. The lowest BCUT2D eigenvalue weighted by molar-refractivity contribution is 0.308. The van der Waals surface area contributed by atoms with Crippen molar-refractivity contribution in [1.82, 2.24) is 0 Å². The van der Waals surface area contributed by atoms with Gasteiger partial charge in [0.15, 0.2) is 0 Å². The topological polar surface area (TPSA) is 44.5 Å². The summed E-state index contributed by atoms with van der Waals surface area (Å²) in [5.41, 5.74) is 7.23. The van der Waals surface area contributed by atoms with Crippen LogP contribution in [0, 0.1) is 0 Å². The quantitative estimate of drug-likeness (QED) is 0.671. The maximum Gasteiger partial charge on any atom is 0.126 e. The van der Waals surface area contributed by atoms with E-state index in [4.69, 9.17) is 15.2 Å². The molecule has 0 saturated heterocycles. The van der Waals surface area contributed by atoms with Gasteiger partial charge in [0.1, 0.15) is 11.5 Å². The van der Waals surface area contributed by atoms with Crippen LogP contribution in [-0.4, -0.2) is 31.3 Å². The Morgan fingerprint density at radius 3 is 2.65 bits per heavy atom. The van der Waals surface area contributed by atoms with E-state index in [9.17, 15) is 0 Å². The molecule has 0 fully saturated rings. The zero-order valence-corrected chi connectivity index (χ0v) is 13.7. The summed E-state index contributed by atoms with van der Waals surface area (Å²) in [7, 11) is 0. The number of nitrogens with two attached hydrogens (primary N) is 1. The normalized spacial score (nSPS) is 12.2. The molecule has 1 aromatic carbocycles. The third-order valence-electron chi connectivity index (χ3n) is 3.06. The summed E-state index contributed by atoms with van der Waals surface area (Å²) in [5, 5.41) is 0. The zero-order valence-electron chi connectivity index (χ0n) is 12.9. The van der Waals surface area contributed by atoms with Crippen LogP contribution in [0.1, 0.15) is 32.3 Å². The predicted octanol–water partition coefficient (Wildman–Crippen LogP) is 3.50. The van der Waals surface area contributed by atoms with Crippen LogP contribution in [0.5, 0.6) is 11.5 Å². The minimum atomic E-state index is 0.181. The minimum absolute atomic E-state index is 0.181. The fourth-order valence-corrected chi connectivity index (χ4v) is 2.06. The van der Waals surface area contributed by atoms with Crippen molar-refractivity contribution in [2.45, 2.75) is 39.2 Å². The first kappa shape index (κ1) is 17.2. The van der Waals surface area contributed by atoms with Crippen molar-refractivity contribution in [3.63, 3.8) is 0 Å². The van der Waals surface area contributed by atoms with Gasteiger partial charge in [-0.1, -0.05) is 19.9 Å². The van der Waals surface area contributed by atoms with Crippen LogP contribution >= 0.6 is 11.8 Å². The molecule has 0 amide bonds. The molecule has 0 bridgehead atoms. The fraction of sp³-hybridized carbons (Fsp3) is 0.625. The molecule has 1 aromatic rings. The second kappa shape index (κ2) is 9.94. The Morgan fingerprint density at radius 2 is 2.00 bits per heavy atom. The molecule has 20 heavy (non-hydrogen) atoms. The zero-order chi connectivity index (χ0) is 14.8. The molecule has 4 heteroatoms. The molecule has 0 radical (unpaired) electrons. The maximum absolute atomic E-state index is 6.06. The van der Waals surface area contributed by atoms with Crippen molar-refractivity contribution < 1.29 is 9.47 Å². The number of hydrogen-bond donors (Lipinski definition) is 1. The van der Waals surface area contributed by atoms with E-state index >= 15 is 0 Å². The second-order valence-electron chi connectivity index (χ2n) is 4.83. The van der Waals surface area contributed by atoms with Crippen molar-refractivity contribution in [2.75, 3.05) is 25.2 Å². The molecule has 0 heterocycles. The summed E-state index contributed by atoms with van der Waals surface area (Å²) >= 11 is 1.78. The summed E-state index contributed by atoms with van der Waals surface area (Å²) in [6, 6.07) is 6.26. The predicted molar refractivity (Wildman–Crippen MR) is 88.1 cm³/mol. The van der Waals surface area contributed by atoms with Crippen LogP contribution in [0.4, 0.5) is 0 Å². The molecule has 0 saturated carbocycles. The molecule has 0 aromatic heterocycles. The summed E-state index contributed by atoms with van der Waals surface area (Å²) in [6.07, 6.45) is 4.90. The first-order valence-electron chi connectivity index (χ1n) is 7.34. The third-order valence-corrected chi connectivity index (χ3v) is 3.64. The van der Waals surface area contributed by atoms with Crippen molar-refractivity contribution >= 4 is 11.8 Å². The van der Waals surface area contributed by atoms with Crippen LogP contribution in [0.2, 0.25) is 0 Å². The summed E-state index contributed by atoms with van der Waals surface area (Å²) in [6.45, 7) is 5.66. The minimum Gasteiger partial charge on any atom is -0.493 e. The van der Waals surface area contributed by atoms with E-state index in [1.165, 1.54) is 5.56 Å². The van der Waals surface area contributed by atoms with Gasteiger partial charge < -0.3 is 15.2 Å². The summed E-state index contributed by atoms with van der Waals surface area (Å²) in [5.74, 6) is 2.77. The van der Waals surface area contributed by atoms with E-state index < -0.39 is 0 Å². The maximum atomic E-state index is 6.06. The molecule has 0 aliphatic heterocycles. The van der Waals surface area contributed by atoms with Gasteiger partial charge >= 0.3 is 0 Å². The highest BCUT2D eigenvalue weighted by atomic mass is 32.2. The first-order valence-corrected chi connectivity index (χ1v) is 8.73. The van der Waals surface area contributed by atoms with Crippen molar-refractivity contribution in [3.05, 3.63) is 23.8 Å². The van der Waals surface area contributed by atoms with E-state index in [1.54, 1.807) is 11.8 Å². The Hall–Kier alpha value is -0.870. The SMILES string of the molecule is CCCOc1ccc(CC(N)CC)c(OCCSC)c1. The standard InChI is InChI=1S/C16H27NO2S/c1-4-8-18-15-7-6-13(11-14(17)5-2)16(12-15)19-9-10-20-3/h6-7,12,14H,4-5,8-11,17H2,1-3H3. The van der Waals surface area contributed by atoms with Gasteiger partial charge in [-0.3, -0.25) is 0 Å². The molecule has 3 nitrogen and oxygen atoms in total. The molecule has 1 rings (SSSR count). The van der Waals surface area contributed by atoms with Crippen molar-refractivity contribution in [1.29, 1.82) is 0 Å². The smallest absolute Gasteiger partial charge is 0.126 e. The van der Waals surface area contributed by atoms with Crippen LogP contribution < -0.4 is 15.2 Å². The van der Waals surface area contributed by atoms with E-state index in [2.05, 4.69) is 26.2 Å². The lowest BCUT2D eigenvalue weighted by Gasteiger charge is -2.16. The molecule has 0 aliphatic rings. The molecule has 2 N–H and O–H groups in total. The number of rotatable bonds is 10. The molecule has 1 unspecified atom stereocenters. The first-order chi connectivity index (χ1) is 9.71. The fourth-order valence-electron chi connectivity index (χ4n) is 1.81. The van der Waals surface area contributed by atoms with Crippen molar-refractivity contribution in [3.8, 4) is 11.5 Å². The van der Waals surface area contributed by atoms with Gasteiger partial charge in [0.2, 0.25) is 0 Å². The van der Waals surface area contributed by atoms with Crippen molar-refractivity contribution in [2.24, 2.45) is 5.73 Å². The van der Waals surface area contributed by atoms with E-state index in [1.807, 2.05) is 12.1 Å². The Balaban J connectivity index is 2.78. The summed E-state index contributed by atoms with van der Waals surface area (Å²) < 4.78 is 11.6. The van der Waals surface area contributed by atoms with Gasteiger partial charge in [0.05, 0.1) is 13.2 Å². The lowest BCUT2D eigenvalue weighted by atomic mass is 10.0. The van der Waals surface area contributed by atoms with Crippen LogP contribution in [0.3, 0.4) is 0 Å². The van der Waals surface area contributed by atoms with Gasteiger partial charge in [-0.2, -0.15) is 11.8 Å². The Labute approximate surface area is 127 Å². The van der Waals surface area contributed by atoms with Crippen LogP contribution in [0.15, 0.2) is 18.2 Å². The molecule has 0 aliphatic carbocycles. The number of thioether (sulfide) groups is 1. The number of ether oxygens (including phenoxy) is 2. The molecular formula is C16H27NO2S. The highest BCUT2D eigenvalue weighted by Gasteiger charge is 2.10. The molecular weight excluding hydrogens is 270 g/mol. The van der Waals surface area contributed by atoms with Gasteiger partial charge in [-0.25, -0.2) is 0 Å². The van der Waals surface area contributed by atoms with Gasteiger partial charge in [-0.15, -0.1) is 0 Å². The summed E-state index contributed by atoms with van der Waals surface area (Å²) in [4.78, 5) is 0. The highest BCUT2D eigenvalue weighted by molar-refractivity contribution is 7.98. The average molecular weight is 297 g/mol. The largest absolute Gasteiger partial charge is 0.493 e. The molecule has 114 valence electrons. The van der Waals surface area contributed by atoms with Crippen LogP contribution in [-0.2, 0) is 6.42 Å². The molecule has 1 atom stereocenters. The number of hydrogen-bond acceptors (Lipinski definition) is 4. The Bertz CT molecular complexity index is 385. The third kappa shape index (κ3) is 6.06. The van der Waals surface area contributed by atoms with E-state index in [0.717, 1.165) is 43.1 Å². The van der Waals surface area contributed by atoms with E-state index in [0.29, 0.717) is 6.61 Å². The van der Waals surface area contributed by atoms with Crippen LogP contribution in [0.25, 0.3) is 0 Å². The van der Waals surface area contributed by atoms with Gasteiger partial charge in [-0.05, 0) is 37.1 Å². The highest BCUT2D eigenvalue weighted by Crippen LogP contribution is 2.26. The van der Waals surface area contributed by atoms with E-state index in [-0.39, 0.29) is 6.04 Å². The Kier molecular flexibility index (Phi) is 8.54. The molecule has 0 spiro atoms. The van der Waals surface area contributed by atoms with Gasteiger partial charge in [0.25, 0.3) is 0 Å².